The van der Waals surface area contributed by atoms with E-state index in [4.69, 9.17) is 10.9 Å². The molecule has 0 fully saturated rings. The van der Waals surface area contributed by atoms with E-state index in [1.54, 1.807) is 4.90 Å². The van der Waals surface area contributed by atoms with Crippen molar-refractivity contribution >= 4 is 11.6 Å². The van der Waals surface area contributed by atoms with Gasteiger partial charge < -0.3 is 15.4 Å². The molecule has 1 heterocycles. The molecule has 1 rings (SSSR count). The quantitative estimate of drug-likeness (QED) is 0.533. The van der Waals surface area contributed by atoms with Gasteiger partial charge in [-0.3, -0.25) is 0 Å². The van der Waals surface area contributed by atoms with Crippen LogP contribution in [0.25, 0.3) is 0 Å². The monoisotopic (exact) mass is 306 g/mol. The molecule has 0 unspecified atom stereocenters. The predicted octanol–water partition coefficient (Wildman–Crippen LogP) is 2.37. The zero-order valence-corrected chi connectivity index (χ0v) is 12.1. The van der Waals surface area contributed by atoms with Crippen LogP contribution in [-0.2, 0) is 6.18 Å². The largest absolute Gasteiger partial charge is 0.416 e. The molecule has 120 valence electrons. The van der Waals surface area contributed by atoms with Crippen molar-refractivity contribution in [2.75, 3.05) is 23.5 Å². The number of pyridine rings is 1. The predicted molar refractivity (Wildman–Crippen MR) is 75.9 cm³/mol. The highest BCUT2D eigenvalue weighted by Gasteiger charge is 2.32. The van der Waals surface area contributed by atoms with Crippen LogP contribution in [0.3, 0.4) is 0 Å². The van der Waals surface area contributed by atoms with Gasteiger partial charge in [-0.2, -0.15) is 13.2 Å². The minimum absolute atomic E-state index is 0.00115. The lowest BCUT2D eigenvalue weighted by atomic mass is 10.1. The summed E-state index contributed by atoms with van der Waals surface area (Å²) in [6.07, 6.45) is -3.01. The normalized spacial score (nSPS) is 11.8. The van der Waals surface area contributed by atoms with Crippen molar-refractivity contribution in [1.82, 2.24) is 4.98 Å². The van der Waals surface area contributed by atoms with Crippen LogP contribution in [0.1, 0.15) is 32.3 Å². The fourth-order valence-corrected chi connectivity index (χ4v) is 2.22. The number of hydrogen-bond donors (Lipinski definition) is 3. The minimum atomic E-state index is -4.48. The Bertz CT molecular complexity index is 450. The first-order valence-corrected chi connectivity index (χ1v) is 6.80. The van der Waals surface area contributed by atoms with Crippen LogP contribution < -0.4 is 16.2 Å². The highest BCUT2D eigenvalue weighted by atomic mass is 19.4. The van der Waals surface area contributed by atoms with Gasteiger partial charge >= 0.3 is 6.18 Å². The minimum Gasteiger partial charge on any atom is -0.395 e. The van der Waals surface area contributed by atoms with Crippen molar-refractivity contribution in [3.05, 3.63) is 17.7 Å². The Morgan fingerprint density at radius 2 is 1.95 bits per heavy atom. The summed E-state index contributed by atoms with van der Waals surface area (Å²) in [4.78, 5) is 5.76. The van der Waals surface area contributed by atoms with Crippen molar-refractivity contribution in [2.45, 2.75) is 38.9 Å². The number of anilines is 2. The topological polar surface area (TPSA) is 74.4 Å². The van der Waals surface area contributed by atoms with Crippen LogP contribution in [-0.4, -0.2) is 29.3 Å². The third-order valence-electron chi connectivity index (χ3n) is 3.31. The van der Waals surface area contributed by atoms with Gasteiger partial charge in [0.1, 0.15) is 11.6 Å². The maximum absolute atomic E-state index is 12.9. The second-order valence-corrected chi connectivity index (χ2v) is 4.63. The van der Waals surface area contributed by atoms with Crippen molar-refractivity contribution in [1.29, 1.82) is 0 Å². The second-order valence-electron chi connectivity index (χ2n) is 4.63. The number of aliphatic hydroxyl groups is 1. The lowest BCUT2D eigenvalue weighted by Gasteiger charge is -2.31. The third-order valence-corrected chi connectivity index (χ3v) is 3.31. The van der Waals surface area contributed by atoms with Crippen LogP contribution >= 0.6 is 0 Å². The first kappa shape index (κ1) is 17.5. The molecule has 0 saturated carbocycles. The van der Waals surface area contributed by atoms with Gasteiger partial charge in [-0.1, -0.05) is 13.8 Å². The highest BCUT2D eigenvalue weighted by molar-refractivity contribution is 5.51. The van der Waals surface area contributed by atoms with Gasteiger partial charge in [0.2, 0.25) is 0 Å². The molecule has 0 aliphatic rings. The number of hydrazine groups is 1. The van der Waals surface area contributed by atoms with Gasteiger partial charge in [0.05, 0.1) is 12.2 Å². The lowest BCUT2D eigenvalue weighted by molar-refractivity contribution is -0.137. The molecule has 0 aliphatic carbocycles. The molecule has 0 aromatic carbocycles. The summed E-state index contributed by atoms with van der Waals surface area (Å²) in [5.74, 6) is 5.29. The molecule has 0 atom stereocenters. The van der Waals surface area contributed by atoms with Crippen molar-refractivity contribution < 1.29 is 18.3 Å². The number of hydrogen-bond acceptors (Lipinski definition) is 5. The van der Waals surface area contributed by atoms with E-state index in [9.17, 15) is 13.2 Å². The van der Waals surface area contributed by atoms with Crippen molar-refractivity contribution in [3.8, 4) is 0 Å². The van der Waals surface area contributed by atoms with Gasteiger partial charge in [0, 0.05) is 12.6 Å². The fraction of sp³-hybridized carbons (Fsp3) is 0.615. The maximum Gasteiger partial charge on any atom is 0.416 e. The molecule has 8 heteroatoms. The molecule has 5 nitrogen and oxygen atoms in total. The summed E-state index contributed by atoms with van der Waals surface area (Å²) < 4.78 is 38.8. The molecule has 1 aromatic heterocycles. The molecule has 0 radical (unpaired) electrons. The number of nitrogens with one attached hydrogen (secondary N) is 1. The van der Waals surface area contributed by atoms with Gasteiger partial charge in [-0.05, 0) is 25.0 Å². The second kappa shape index (κ2) is 7.46. The zero-order valence-electron chi connectivity index (χ0n) is 12.1. The van der Waals surface area contributed by atoms with Crippen LogP contribution in [0, 0.1) is 0 Å². The van der Waals surface area contributed by atoms with Crippen LogP contribution in [0.2, 0.25) is 0 Å². The molecule has 21 heavy (non-hydrogen) atoms. The zero-order chi connectivity index (χ0) is 16.0. The summed E-state index contributed by atoms with van der Waals surface area (Å²) in [5.41, 5.74) is 1.33. The van der Waals surface area contributed by atoms with E-state index >= 15 is 0 Å². The van der Waals surface area contributed by atoms with E-state index in [0.717, 1.165) is 25.0 Å². The third kappa shape index (κ3) is 4.47. The lowest BCUT2D eigenvalue weighted by Crippen LogP contribution is -2.37. The van der Waals surface area contributed by atoms with Crippen LogP contribution in [0.4, 0.5) is 24.8 Å². The van der Waals surface area contributed by atoms with E-state index in [1.807, 2.05) is 13.8 Å². The van der Waals surface area contributed by atoms with E-state index in [0.29, 0.717) is 0 Å². The number of aromatic nitrogens is 1. The molecule has 0 saturated heterocycles. The van der Waals surface area contributed by atoms with Crippen molar-refractivity contribution in [3.63, 3.8) is 0 Å². The Morgan fingerprint density at radius 1 is 1.33 bits per heavy atom. The number of nitrogen functional groups attached to an aromatic ring is 1. The molecular weight excluding hydrogens is 285 g/mol. The van der Waals surface area contributed by atoms with E-state index in [1.165, 1.54) is 0 Å². The van der Waals surface area contributed by atoms with Gasteiger partial charge in [-0.25, -0.2) is 10.8 Å². The number of nitrogens with two attached hydrogens (primary N) is 1. The number of nitrogens with zero attached hydrogens (tertiary/aromatic N) is 2. The van der Waals surface area contributed by atoms with Gasteiger partial charge in [0.15, 0.2) is 0 Å². The van der Waals surface area contributed by atoms with Crippen LogP contribution in [0.15, 0.2) is 12.1 Å². The standard InChI is InChI=1S/C13H21F3N4O/c1-3-10(4-2)20(5-6-21)12-8-9(13(14,15)16)7-11(18-12)19-17/h7-8,10,21H,3-6,17H2,1-2H3,(H,18,19). The average Bonchev–Trinajstić information content (AvgIpc) is 2.46. The van der Waals surface area contributed by atoms with Crippen LogP contribution in [0.5, 0.6) is 0 Å². The molecule has 0 bridgehead atoms. The fourth-order valence-electron chi connectivity index (χ4n) is 2.22. The number of aliphatic hydroxyl groups excluding tert-OH is 1. The molecule has 0 aliphatic heterocycles. The summed E-state index contributed by atoms with van der Waals surface area (Å²) in [6, 6.07) is 1.83. The van der Waals surface area contributed by atoms with Gasteiger partial charge in [-0.15, -0.1) is 0 Å². The first-order chi connectivity index (χ1) is 9.87. The Kier molecular flexibility index (Phi) is 6.22. The Morgan fingerprint density at radius 3 is 2.38 bits per heavy atom. The summed E-state index contributed by atoms with van der Waals surface area (Å²) in [6.45, 7) is 3.92. The maximum atomic E-state index is 12.9. The van der Waals surface area contributed by atoms with Gasteiger partial charge in [0.25, 0.3) is 0 Å². The van der Waals surface area contributed by atoms with Crippen molar-refractivity contribution in [2.24, 2.45) is 5.84 Å². The molecular formula is C13H21F3N4O. The molecule has 1 aromatic rings. The summed E-state index contributed by atoms with van der Waals surface area (Å²) >= 11 is 0. The van der Waals surface area contributed by atoms with E-state index in [-0.39, 0.29) is 30.8 Å². The number of alkyl halides is 3. The smallest absolute Gasteiger partial charge is 0.395 e. The number of halogens is 3. The summed E-state index contributed by atoms with van der Waals surface area (Å²) in [7, 11) is 0. The Hall–Kier alpha value is -1.54. The first-order valence-electron chi connectivity index (χ1n) is 6.80. The highest BCUT2D eigenvalue weighted by Crippen LogP contribution is 2.33. The van der Waals surface area contributed by atoms with E-state index < -0.39 is 11.7 Å². The SMILES string of the molecule is CCC(CC)N(CCO)c1cc(C(F)(F)F)cc(NN)n1. The number of rotatable bonds is 7. The molecule has 0 amide bonds. The molecule has 0 spiro atoms. The summed E-state index contributed by atoms with van der Waals surface area (Å²) in [5, 5.41) is 9.16. The van der Waals surface area contributed by atoms with E-state index in [2.05, 4.69) is 10.4 Å². The molecule has 4 N–H and O–H groups in total. The Balaban J connectivity index is 3.29. The Labute approximate surface area is 121 Å². The average molecular weight is 306 g/mol.